The number of halogens is 2. The Hall–Kier alpha value is -0.700. The molecule has 7 heteroatoms. The highest BCUT2D eigenvalue weighted by Gasteiger charge is 2.25. The van der Waals surface area contributed by atoms with E-state index < -0.39 is 0 Å². The third-order valence-corrected chi connectivity index (χ3v) is 5.10. The van der Waals surface area contributed by atoms with E-state index in [2.05, 4.69) is 63.0 Å². The Morgan fingerprint density at radius 2 is 2.24 bits per heavy atom. The van der Waals surface area contributed by atoms with Crippen molar-refractivity contribution in [3.63, 3.8) is 0 Å². The minimum Gasteiger partial charge on any atom is -0.334 e. The van der Waals surface area contributed by atoms with Gasteiger partial charge in [0.15, 0.2) is 5.82 Å². The average Bonchev–Trinajstić information content (AvgIpc) is 2.92. The number of nitrogens with zero attached hydrogens (tertiary/aromatic N) is 3. The largest absolute Gasteiger partial charge is 0.334 e. The molecule has 1 aromatic carbocycles. The summed E-state index contributed by atoms with van der Waals surface area (Å²) in [5.74, 6) is 1.36. The van der Waals surface area contributed by atoms with Gasteiger partial charge in [0.1, 0.15) is 0 Å². The number of hydrogen-bond acceptors (Lipinski definition) is 5. The molecular weight excluding hydrogens is 403 g/mol. The smallest absolute Gasteiger partial charge is 0.259 e. The van der Waals surface area contributed by atoms with E-state index in [1.54, 1.807) is 0 Å². The summed E-state index contributed by atoms with van der Waals surface area (Å²) in [5.41, 5.74) is 2.23. The molecule has 1 fully saturated rings. The van der Waals surface area contributed by atoms with Crippen LogP contribution in [0.5, 0.6) is 0 Å². The topological polar surface area (TPSA) is 54.2 Å². The van der Waals surface area contributed by atoms with Gasteiger partial charge >= 0.3 is 0 Å². The Morgan fingerprint density at radius 3 is 3.00 bits per heavy atom. The molecule has 5 nitrogen and oxygen atoms in total. The van der Waals surface area contributed by atoms with E-state index in [0.717, 1.165) is 34.6 Å². The van der Waals surface area contributed by atoms with E-state index in [1.165, 1.54) is 5.56 Å². The lowest BCUT2D eigenvalue weighted by Crippen LogP contribution is -2.44. The molecule has 1 saturated heterocycles. The molecular formula is C14H18ClIN4O. The highest BCUT2D eigenvalue weighted by molar-refractivity contribution is 14.1. The lowest BCUT2D eigenvalue weighted by molar-refractivity contribution is 0.190. The number of hydrogen-bond donors (Lipinski definition) is 1. The number of likely N-dealkylation sites (N-methyl/N-ethyl adjacent to an activating group) is 1. The number of rotatable bonds is 2. The molecule has 1 aromatic heterocycles. The van der Waals surface area contributed by atoms with Crippen molar-refractivity contribution in [1.82, 2.24) is 20.4 Å². The Bertz CT molecular complexity index is 619. The van der Waals surface area contributed by atoms with Gasteiger partial charge in [-0.15, -0.1) is 12.4 Å². The van der Waals surface area contributed by atoms with Gasteiger partial charge in [-0.25, -0.2) is 0 Å². The Balaban J connectivity index is 0.00000161. The molecule has 114 valence electrons. The van der Waals surface area contributed by atoms with Gasteiger partial charge in [0, 0.05) is 23.2 Å². The second kappa shape index (κ2) is 7.04. The molecule has 1 N–H and O–H groups in total. The van der Waals surface area contributed by atoms with Crippen LogP contribution < -0.4 is 5.32 Å². The van der Waals surface area contributed by atoms with Crippen LogP contribution in [0, 0.1) is 10.5 Å². The zero-order valence-corrected chi connectivity index (χ0v) is 14.9. The van der Waals surface area contributed by atoms with Gasteiger partial charge in [0.25, 0.3) is 5.89 Å². The SMILES string of the molecule is Cc1cccc(-c2nc(C3CNCCN3C)no2)c1I.Cl. The van der Waals surface area contributed by atoms with Crippen molar-refractivity contribution in [2.24, 2.45) is 0 Å². The van der Waals surface area contributed by atoms with Crippen LogP contribution in [0.25, 0.3) is 11.5 Å². The zero-order chi connectivity index (χ0) is 14.1. The summed E-state index contributed by atoms with van der Waals surface area (Å²) in [6.45, 7) is 4.95. The lowest BCUT2D eigenvalue weighted by Gasteiger charge is -2.30. The molecule has 21 heavy (non-hydrogen) atoms. The molecule has 1 aliphatic rings. The summed E-state index contributed by atoms with van der Waals surface area (Å²) in [7, 11) is 2.10. The van der Waals surface area contributed by atoms with Crippen molar-refractivity contribution in [2.45, 2.75) is 13.0 Å². The van der Waals surface area contributed by atoms with E-state index in [1.807, 2.05) is 12.1 Å². The Morgan fingerprint density at radius 1 is 1.43 bits per heavy atom. The summed E-state index contributed by atoms with van der Waals surface area (Å²) in [4.78, 5) is 6.85. The molecule has 0 spiro atoms. The van der Waals surface area contributed by atoms with Gasteiger partial charge in [-0.3, -0.25) is 4.90 Å². The van der Waals surface area contributed by atoms with Crippen LogP contribution in [0.1, 0.15) is 17.4 Å². The van der Waals surface area contributed by atoms with Crippen LogP contribution in [-0.4, -0.2) is 41.7 Å². The highest BCUT2D eigenvalue weighted by atomic mass is 127. The summed E-state index contributed by atoms with van der Waals surface area (Å²) < 4.78 is 6.63. The first-order valence-electron chi connectivity index (χ1n) is 6.67. The molecule has 0 aliphatic carbocycles. The first kappa shape index (κ1) is 16.7. The molecule has 2 aromatic rings. The normalized spacial score (nSPS) is 19.3. The van der Waals surface area contributed by atoms with Crippen molar-refractivity contribution < 1.29 is 4.52 Å². The fourth-order valence-corrected chi connectivity index (χ4v) is 2.98. The summed E-state index contributed by atoms with van der Waals surface area (Å²) in [6.07, 6.45) is 0. The number of nitrogens with one attached hydrogen (secondary N) is 1. The minimum absolute atomic E-state index is 0. The third kappa shape index (κ3) is 3.39. The maximum atomic E-state index is 5.47. The second-order valence-electron chi connectivity index (χ2n) is 5.09. The average molecular weight is 421 g/mol. The van der Waals surface area contributed by atoms with Crippen LogP contribution in [0.15, 0.2) is 22.7 Å². The summed E-state index contributed by atoms with van der Waals surface area (Å²) in [5, 5.41) is 7.53. The minimum atomic E-state index is 0. The molecule has 0 bridgehead atoms. The molecule has 1 aliphatic heterocycles. The third-order valence-electron chi connectivity index (χ3n) is 3.67. The molecule has 1 atom stereocenters. The van der Waals surface area contributed by atoms with Gasteiger partial charge < -0.3 is 9.84 Å². The molecule has 0 saturated carbocycles. The summed E-state index contributed by atoms with van der Waals surface area (Å²) >= 11 is 2.33. The predicted molar refractivity (Wildman–Crippen MR) is 92.7 cm³/mol. The predicted octanol–water partition coefficient (Wildman–Crippen LogP) is 2.65. The second-order valence-corrected chi connectivity index (χ2v) is 6.17. The van der Waals surface area contributed by atoms with E-state index >= 15 is 0 Å². The van der Waals surface area contributed by atoms with Gasteiger partial charge in [-0.2, -0.15) is 4.98 Å². The maximum absolute atomic E-state index is 5.47. The van der Waals surface area contributed by atoms with E-state index in [4.69, 9.17) is 4.52 Å². The molecule has 1 unspecified atom stereocenters. The molecule has 0 amide bonds. The standard InChI is InChI=1S/C14H17IN4O.ClH/c1-9-4-3-5-10(12(9)15)14-17-13(18-20-14)11-8-16-6-7-19(11)2;/h3-5,11,16H,6-8H2,1-2H3;1H. The number of aromatic nitrogens is 2. The monoisotopic (exact) mass is 420 g/mol. The number of benzene rings is 1. The number of aryl methyl sites for hydroxylation is 1. The maximum Gasteiger partial charge on any atom is 0.259 e. The zero-order valence-electron chi connectivity index (χ0n) is 12.0. The van der Waals surface area contributed by atoms with Gasteiger partial charge in [-0.1, -0.05) is 17.3 Å². The Kier molecular flexibility index (Phi) is 5.59. The van der Waals surface area contributed by atoms with E-state index in [-0.39, 0.29) is 18.4 Å². The van der Waals surface area contributed by atoms with Crippen LogP contribution in [0.4, 0.5) is 0 Å². The van der Waals surface area contributed by atoms with Crippen molar-refractivity contribution in [3.05, 3.63) is 33.2 Å². The Labute approximate surface area is 144 Å². The van der Waals surface area contributed by atoms with Crippen molar-refractivity contribution in [3.8, 4) is 11.5 Å². The van der Waals surface area contributed by atoms with Gasteiger partial charge in [0.05, 0.1) is 11.6 Å². The highest BCUT2D eigenvalue weighted by Crippen LogP contribution is 2.28. The van der Waals surface area contributed by atoms with Gasteiger partial charge in [0.2, 0.25) is 0 Å². The molecule has 0 radical (unpaired) electrons. The van der Waals surface area contributed by atoms with Crippen molar-refractivity contribution in [1.29, 1.82) is 0 Å². The van der Waals surface area contributed by atoms with E-state index in [9.17, 15) is 0 Å². The lowest BCUT2D eigenvalue weighted by atomic mass is 10.1. The fourth-order valence-electron chi connectivity index (χ4n) is 2.39. The van der Waals surface area contributed by atoms with Crippen LogP contribution >= 0.6 is 35.0 Å². The molecule has 2 heterocycles. The summed E-state index contributed by atoms with van der Waals surface area (Å²) in [6, 6.07) is 6.31. The van der Waals surface area contributed by atoms with Crippen LogP contribution in [0.2, 0.25) is 0 Å². The van der Waals surface area contributed by atoms with Crippen molar-refractivity contribution in [2.75, 3.05) is 26.7 Å². The van der Waals surface area contributed by atoms with E-state index in [0.29, 0.717) is 5.89 Å². The molecule has 3 rings (SSSR count). The first-order valence-corrected chi connectivity index (χ1v) is 7.74. The fraction of sp³-hybridized carbons (Fsp3) is 0.429. The quantitative estimate of drug-likeness (QED) is 0.757. The first-order chi connectivity index (χ1) is 9.66. The van der Waals surface area contributed by atoms with Crippen molar-refractivity contribution >= 4 is 35.0 Å². The van der Waals surface area contributed by atoms with Gasteiger partial charge in [-0.05, 0) is 48.2 Å². The number of piperazine rings is 1. The van der Waals surface area contributed by atoms with Crippen LogP contribution in [-0.2, 0) is 0 Å². The van der Waals surface area contributed by atoms with Crippen LogP contribution in [0.3, 0.4) is 0 Å².